The van der Waals surface area contributed by atoms with Crippen molar-refractivity contribution in [1.82, 2.24) is 0 Å². The van der Waals surface area contributed by atoms with Gasteiger partial charge in [0.25, 0.3) is 11.6 Å². The van der Waals surface area contributed by atoms with Crippen LogP contribution in [0.3, 0.4) is 0 Å². The van der Waals surface area contributed by atoms with Crippen LogP contribution in [0.4, 0.5) is 11.4 Å². The normalized spacial score (nSPS) is 10.1. The molecule has 2 aromatic rings. The second kappa shape index (κ2) is 9.56. The maximum Gasteiger partial charge on any atom is 0.338 e. The summed E-state index contributed by atoms with van der Waals surface area (Å²) in [4.78, 5) is 34.5. The Morgan fingerprint density at radius 1 is 1.18 bits per heavy atom. The highest BCUT2D eigenvalue weighted by Crippen LogP contribution is 2.29. The molecular formula is C18H17ClN2O7. The Kier molecular flexibility index (Phi) is 7.16. The summed E-state index contributed by atoms with van der Waals surface area (Å²) in [5.74, 6) is -0.709. The number of anilines is 1. The van der Waals surface area contributed by atoms with Crippen LogP contribution in [-0.2, 0) is 9.53 Å². The molecule has 2 rings (SSSR count). The van der Waals surface area contributed by atoms with Crippen LogP contribution in [0.2, 0.25) is 5.02 Å². The van der Waals surface area contributed by atoms with Crippen molar-refractivity contribution < 1.29 is 28.7 Å². The summed E-state index contributed by atoms with van der Waals surface area (Å²) in [6.07, 6.45) is 0. The fraction of sp³-hybridized carbons (Fsp3) is 0.222. The van der Waals surface area contributed by atoms with Crippen LogP contribution < -0.4 is 14.8 Å². The largest absolute Gasteiger partial charge is 0.493 e. The number of ether oxygens (including phenoxy) is 3. The number of esters is 1. The molecule has 1 amide bonds. The molecular weight excluding hydrogens is 392 g/mol. The lowest BCUT2D eigenvalue weighted by molar-refractivity contribution is -0.383. The lowest BCUT2D eigenvalue weighted by Gasteiger charge is -2.11. The molecule has 0 spiro atoms. The molecule has 148 valence electrons. The number of carbonyl (C=O) groups excluding carboxylic acids is 2. The van der Waals surface area contributed by atoms with E-state index in [1.807, 2.05) is 0 Å². The van der Waals surface area contributed by atoms with Crippen molar-refractivity contribution in [1.29, 1.82) is 0 Å². The standard InChI is InChI=1S/C18H17ClN2O7/c1-3-27-16-8-11(4-7-15(16)26-2)18(23)28-10-17(22)20-13-9-12(19)5-6-14(13)21(24)25/h4-9H,3,10H2,1-2H3,(H,20,22). The Morgan fingerprint density at radius 3 is 2.57 bits per heavy atom. The zero-order chi connectivity index (χ0) is 20.7. The van der Waals surface area contributed by atoms with E-state index in [1.54, 1.807) is 6.92 Å². The molecule has 0 heterocycles. The molecule has 28 heavy (non-hydrogen) atoms. The predicted molar refractivity (Wildman–Crippen MR) is 101 cm³/mol. The second-order valence-electron chi connectivity index (χ2n) is 5.34. The predicted octanol–water partition coefficient (Wildman–Crippen LogP) is 3.45. The summed E-state index contributed by atoms with van der Waals surface area (Å²) in [5.41, 5.74) is -0.270. The van der Waals surface area contributed by atoms with E-state index in [9.17, 15) is 19.7 Å². The van der Waals surface area contributed by atoms with Gasteiger partial charge in [0.1, 0.15) is 5.69 Å². The van der Waals surface area contributed by atoms with Gasteiger partial charge in [0.2, 0.25) is 0 Å². The van der Waals surface area contributed by atoms with Crippen molar-refractivity contribution >= 4 is 34.9 Å². The van der Waals surface area contributed by atoms with Gasteiger partial charge < -0.3 is 19.5 Å². The van der Waals surface area contributed by atoms with Crippen molar-refractivity contribution in [3.05, 3.63) is 57.1 Å². The highest BCUT2D eigenvalue weighted by Gasteiger charge is 2.18. The van der Waals surface area contributed by atoms with Crippen molar-refractivity contribution in [3.63, 3.8) is 0 Å². The number of hydrogen-bond acceptors (Lipinski definition) is 7. The van der Waals surface area contributed by atoms with Gasteiger partial charge in [-0.2, -0.15) is 0 Å². The van der Waals surface area contributed by atoms with E-state index in [0.29, 0.717) is 18.1 Å². The lowest BCUT2D eigenvalue weighted by atomic mass is 10.2. The smallest absolute Gasteiger partial charge is 0.338 e. The number of hydrogen-bond donors (Lipinski definition) is 1. The maximum absolute atomic E-state index is 12.2. The minimum Gasteiger partial charge on any atom is -0.493 e. The van der Waals surface area contributed by atoms with Crippen molar-refractivity contribution in [2.24, 2.45) is 0 Å². The molecule has 0 aromatic heterocycles. The van der Waals surface area contributed by atoms with Crippen LogP contribution in [-0.4, -0.2) is 37.1 Å². The molecule has 0 saturated carbocycles. The summed E-state index contributed by atoms with van der Waals surface area (Å²) in [6.45, 7) is 1.51. The van der Waals surface area contributed by atoms with E-state index in [1.165, 1.54) is 37.4 Å². The van der Waals surface area contributed by atoms with Gasteiger partial charge in [0.15, 0.2) is 18.1 Å². The molecule has 0 atom stereocenters. The molecule has 0 radical (unpaired) electrons. The van der Waals surface area contributed by atoms with Crippen LogP contribution in [0, 0.1) is 10.1 Å². The molecule has 10 heteroatoms. The zero-order valence-corrected chi connectivity index (χ0v) is 15.8. The molecule has 0 aliphatic heterocycles. The number of amides is 1. The topological polar surface area (TPSA) is 117 Å². The first-order valence-electron chi connectivity index (χ1n) is 8.07. The fourth-order valence-electron chi connectivity index (χ4n) is 2.24. The van der Waals surface area contributed by atoms with E-state index >= 15 is 0 Å². The van der Waals surface area contributed by atoms with Crippen LogP contribution in [0.15, 0.2) is 36.4 Å². The summed E-state index contributed by atoms with van der Waals surface area (Å²) < 4.78 is 15.5. The van der Waals surface area contributed by atoms with Crippen LogP contribution in [0.1, 0.15) is 17.3 Å². The molecule has 0 unspecified atom stereocenters. The van der Waals surface area contributed by atoms with Gasteiger partial charge in [-0.15, -0.1) is 0 Å². The molecule has 1 N–H and O–H groups in total. The van der Waals surface area contributed by atoms with Crippen molar-refractivity contribution in [2.75, 3.05) is 25.6 Å². The SMILES string of the molecule is CCOc1cc(C(=O)OCC(=O)Nc2cc(Cl)ccc2[N+](=O)[O-])ccc1OC. The van der Waals surface area contributed by atoms with Gasteiger partial charge >= 0.3 is 5.97 Å². The van der Waals surface area contributed by atoms with E-state index in [2.05, 4.69) is 5.32 Å². The number of methoxy groups -OCH3 is 1. The number of carbonyl (C=O) groups is 2. The molecule has 0 fully saturated rings. The Morgan fingerprint density at radius 2 is 1.93 bits per heavy atom. The quantitative estimate of drug-likeness (QED) is 0.403. The average molecular weight is 409 g/mol. The van der Waals surface area contributed by atoms with Crippen LogP contribution in [0.25, 0.3) is 0 Å². The molecule has 0 bridgehead atoms. The van der Waals surface area contributed by atoms with Gasteiger partial charge in [-0.05, 0) is 37.3 Å². The minimum atomic E-state index is -0.764. The van der Waals surface area contributed by atoms with Gasteiger partial charge in [0.05, 0.1) is 24.2 Å². The van der Waals surface area contributed by atoms with Gasteiger partial charge in [-0.3, -0.25) is 14.9 Å². The zero-order valence-electron chi connectivity index (χ0n) is 15.1. The fourth-order valence-corrected chi connectivity index (χ4v) is 2.41. The molecule has 0 aliphatic rings. The number of nitro benzene ring substituents is 1. The third kappa shape index (κ3) is 5.34. The number of halogens is 1. The first-order chi connectivity index (χ1) is 13.3. The van der Waals surface area contributed by atoms with E-state index in [-0.39, 0.29) is 22.0 Å². The van der Waals surface area contributed by atoms with Gasteiger partial charge in [0, 0.05) is 11.1 Å². The van der Waals surface area contributed by atoms with E-state index in [4.69, 9.17) is 25.8 Å². The molecule has 9 nitrogen and oxygen atoms in total. The Balaban J connectivity index is 2.03. The maximum atomic E-state index is 12.2. The van der Waals surface area contributed by atoms with Crippen LogP contribution in [0.5, 0.6) is 11.5 Å². The first-order valence-corrected chi connectivity index (χ1v) is 8.45. The number of nitro groups is 1. The molecule has 2 aromatic carbocycles. The number of rotatable bonds is 8. The Labute approximate surface area is 165 Å². The number of nitrogens with one attached hydrogen (secondary N) is 1. The highest BCUT2D eigenvalue weighted by atomic mass is 35.5. The Bertz CT molecular complexity index is 901. The van der Waals surface area contributed by atoms with Gasteiger partial charge in [-0.1, -0.05) is 11.6 Å². The molecule has 0 saturated heterocycles. The van der Waals surface area contributed by atoms with Crippen LogP contribution >= 0.6 is 11.6 Å². The summed E-state index contributed by atoms with van der Waals surface area (Å²) in [7, 11) is 1.47. The van der Waals surface area contributed by atoms with E-state index < -0.39 is 23.4 Å². The summed E-state index contributed by atoms with van der Waals surface area (Å²) in [5, 5.41) is 13.5. The van der Waals surface area contributed by atoms with Crippen molar-refractivity contribution in [2.45, 2.75) is 6.92 Å². The van der Waals surface area contributed by atoms with E-state index in [0.717, 1.165) is 6.07 Å². The lowest BCUT2D eigenvalue weighted by Crippen LogP contribution is -2.21. The monoisotopic (exact) mass is 408 g/mol. The number of benzene rings is 2. The minimum absolute atomic E-state index is 0.0957. The Hall–Kier alpha value is -3.33. The second-order valence-corrected chi connectivity index (χ2v) is 5.78. The molecule has 0 aliphatic carbocycles. The first kappa shape index (κ1) is 21.0. The summed E-state index contributed by atoms with van der Waals surface area (Å²) in [6, 6.07) is 8.16. The van der Waals surface area contributed by atoms with Crippen molar-refractivity contribution in [3.8, 4) is 11.5 Å². The summed E-state index contributed by atoms with van der Waals surface area (Å²) >= 11 is 5.80. The third-order valence-corrected chi connectivity index (χ3v) is 3.70. The number of nitrogens with zero attached hydrogens (tertiary/aromatic N) is 1. The third-order valence-electron chi connectivity index (χ3n) is 3.46. The highest BCUT2D eigenvalue weighted by molar-refractivity contribution is 6.31. The van der Waals surface area contributed by atoms with Gasteiger partial charge in [-0.25, -0.2) is 4.79 Å². The average Bonchev–Trinajstić information content (AvgIpc) is 2.66.